The van der Waals surface area contributed by atoms with Gasteiger partial charge in [0.05, 0.1) is 6.26 Å². The van der Waals surface area contributed by atoms with Crippen LogP contribution in [0.2, 0.25) is 0 Å². The molecule has 84 valence electrons. The Morgan fingerprint density at radius 3 is 3.12 bits per heavy atom. The van der Waals surface area contributed by atoms with Crippen LogP contribution in [-0.2, 0) is 0 Å². The van der Waals surface area contributed by atoms with Crippen molar-refractivity contribution in [2.75, 3.05) is 6.54 Å². The summed E-state index contributed by atoms with van der Waals surface area (Å²) in [7, 11) is 0. The van der Waals surface area contributed by atoms with Crippen molar-refractivity contribution >= 4 is 11.0 Å². The molecule has 0 amide bonds. The SMILES string of the molecule is C[C@@H]1C[C@H](c2cccc3occc23)CCN1. The average molecular weight is 215 g/mol. The van der Waals surface area contributed by atoms with Crippen molar-refractivity contribution in [2.45, 2.75) is 31.7 Å². The van der Waals surface area contributed by atoms with Crippen LogP contribution in [0.1, 0.15) is 31.2 Å². The maximum absolute atomic E-state index is 5.46. The molecule has 0 bridgehead atoms. The van der Waals surface area contributed by atoms with E-state index >= 15 is 0 Å². The first kappa shape index (κ1) is 9.91. The van der Waals surface area contributed by atoms with Crippen LogP contribution < -0.4 is 5.32 Å². The maximum Gasteiger partial charge on any atom is 0.134 e. The molecule has 0 saturated carbocycles. The van der Waals surface area contributed by atoms with Crippen LogP contribution in [0.4, 0.5) is 0 Å². The van der Waals surface area contributed by atoms with Crippen LogP contribution in [0.3, 0.4) is 0 Å². The van der Waals surface area contributed by atoms with Crippen LogP contribution in [-0.4, -0.2) is 12.6 Å². The summed E-state index contributed by atoms with van der Waals surface area (Å²) in [4.78, 5) is 0. The summed E-state index contributed by atoms with van der Waals surface area (Å²) in [5.74, 6) is 0.678. The zero-order valence-electron chi connectivity index (χ0n) is 9.57. The van der Waals surface area contributed by atoms with E-state index in [2.05, 4.69) is 30.4 Å². The normalized spacial score (nSPS) is 26.1. The minimum Gasteiger partial charge on any atom is -0.464 e. The Morgan fingerprint density at radius 2 is 2.25 bits per heavy atom. The number of benzene rings is 1. The number of fused-ring (bicyclic) bond motifs is 1. The van der Waals surface area contributed by atoms with Gasteiger partial charge in [-0.25, -0.2) is 0 Å². The van der Waals surface area contributed by atoms with E-state index in [9.17, 15) is 0 Å². The minimum atomic E-state index is 0.626. The Balaban J connectivity index is 2.01. The van der Waals surface area contributed by atoms with Crippen LogP contribution in [0.15, 0.2) is 34.9 Å². The molecular weight excluding hydrogens is 198 g/mol. The van der Waals surface area contributed by atoms with E-state index in [-0.39, 0.29) is 0 Å². The summed E-state index contributed by atoms with van der Waals surface area (Å²) in [6.07, 6.45) is 4.25. The molecule has 0 radical (unpaired) electrons. The molecule has 0 spiro atoms. The molecule has 1 fully saturated rings. The molecule has 0 unspecified atom stereocenters. The molecule has 0 aliphatic carbocycles. The molecule has 1 N–H and O–H groups in total. The first-order valence-corrected chi connectivity index (χ1v) is 6.04. The molecule has 2 atom stereocenters. The first-order valence-electron chi connectivity index (χ1n) is 6.04. The molecule has 16 heavy (non-hydrogen) atoms. The second kappa shape index (κ2) is 3.95. The van der Waals surface area contributed by atoms with Gasteiger partial charge in [-0.1, -0.05) is 12.1 Å². The summed E-state index contributed by atoms with van der Waals surface area (Å²) < 4.78 is 5.46. The summed E-state index contributed by atoms with van der Waals surface area (Å²) >= 11 is 0. The number of hydrogen-bond acceptors (Lipinski definition) is 2. The Kier molecular flexibility index (Phi) is 2.44. The number of furan rings is 1. The number of nitrogens with one attached hydrogen (secondary N) is 1. The van der Waals surface area contributed by atoms with E-state index in [0.29, 0.717) is 12.0 Å². The van der Waals surface area contributed by atoms with Gasteiger partial charge in [-0.2, -0.15) is 0 Å². The van der Waals surface area contributed by atoms with Gasteiger partial charge in [0.1, 0.15) is 5.58 Å². The van der Waals surface area contributed by atoms with Crippen molar-refractivity contribution in [3.8, 4) is 0 Å². The number of hydrogen-bond donors (Lipinski definition) is 1. The predicted octanol–water partition coefficient (Wildman–Crippen LogP) is 3.29. The maximum atomic E-state index is 5.46. The lowest BCUT2D eigenvalue weighted by molar-refractivity contribution is 0.382. The summed E-state index contributed by atoms with van der Waals surface area (Å²) in [5, 5.41) is 4.79. The molecule has 2 aromatic rings. The lowest BCUT2D eigenvalue weighted by atomic mass is 9.85. The fourth-order valence-corrected chi connectivity index (χ4v) is 2.79. The summed E-state index contributed by atoms with van der Waals surface area (Å²) in [6.45, 7) is 3.39. The van der Waals surface area contributed by atoms with Gasteiger partial charge >= 0.3 is 0 Å². The highest BCUT2D eigenvalue weighted by atomic mass is 16.3. The zero-order chi connectivity index (χ0) is 11.0. The molecule has 1 aromatic heterocycles. The van der Waals surface area contributed by atoms with Crippen molar-refractivity contribution in [1.29, 1.82) is 0 Å². The summed E-state index contributed by atoms with van der Waals surface area (Å²) in [6, 6.07) is 9.12. The molecule has 1 aromatic carbocycles. The molecular formula is C14H17NO. The third-order valence-electron chi connectivity index (χ3n) is 3.59. The molecule has 2 heteroatoms. The van der Waals surface area contributed by atoms with Crippen LogP contribution in [0.5, 0.6) is 0 Å². The molecule has 1 aliphatic rings. The van der Waals surface area contributed by atoms with E-state index in [4.69, 9.17) is 4.42 Å². The van der Waals surface area contributed by atoms with Gasteiger partial charge in [0.15, 0.2) is 0 Å². The van der Waals surface area contributed by atoms with Gasteiger partial charge < -0.3 is 9.73 Å². The van der Waals surface area contributed by atoms with Crippen LogP contribution in [0, 0.1) is 0 Å². The van der Waals surface area contributed by atoms with Gasteiger partial charge in [0.25, 0.3) is 0 Å². The van der Waals surface area contributed by atoms with Gasteiger partial charge in [-0.3, -0.25) is 0 Å². The molecule has 3 rings (SSSR count). The number of rotatable bonds is 1. The first-order chi connectivity index (χ1) is 7.84. The van der Waals surface area contributed by atoms with Crippen molar-refractivity contribution in [3.63, 3.8) is 0 Å². The van der Waals surface area contributed by atoms with Crippen molar-refractivity contribution in [1.82, 2.24) is 5.32 Å². The molecule has 1 saturated heterocycles. The van der Waals surface area contributed by atoms with Crippen molar-refractivity contribution in [2.24, 2.45) is 0 Å². The fourth-order valence-electron chi connectivity index (χ4n) is 2.79. The quantitative estimate of drug-likeness (QED) is 0.789. The van der Waals surface area contributed by atoms with Gasteiger partial charge in [-0.05, 0) is 49.9 Å². The van der Waals surface area contributed by atoms with E-state index in [1.165, 1.54) is 23.8 Å². The largest absolute Gasteiger partial charge is 0.464 e. The van der Waals surface area contributed by atoms with E-state index in [1.807, 2.05) is 6.07 Å². The molecule has 2 nitrogen and oxygen atoms in total. The minimum absolute atomic E-state index is 0.626. The topological polar surface area (TPSA) is 25.2 Å². The summed E-state index contributed by atoms with van der Waals surface area (Å²) in [5.41, 5.74) is 2.48. The Morgan fingerprint density at radius 1 is 1.31 bits per heavy atom. The van der Waals surface area contributed by atoms with Crippen LogP contribution >= 0.6 is 0 Å². The van der Waals surface area contributed by atoms with E-state index < -0.39 is 0 Å². The van der Waals surface area contributed by atoms with E-state index in [0.717, 1.165) is 12.1 Å². The standard InChI is InChI=1S/C14H17NO/c1-10-9-11(5-7-15-10)12-3-2-4-14-13(12)6-8-16-14/h2-4,6,8,10-11,15H,5,7,9H2,1H3/t10-,11-/m1/s1. The highest BCUT2D eigenvalue weighted by Gasteiger charge is 2.21. The van der Waals surface area contributed by atoms with Crippen molar-refractivity contribution < 1.29 is 4.42 Å². The zero-order valence-corrected chi connectivity index (χ0v) is 9.57. The number of piperidine rings is 1. The average Bonchev–Trinajstić information content (AvgIpc) is 2.76. The second-order valence-electron chi connectivity index (χ2n) is 4.76. The molecule has 2 heterocycles. The van der Waals surface area contributed by atoms with E-state index in [1.54, 1.807) is 6.26 Å². The highest BCUT2D eigenvalue weighted by Crippen LogP contribution is 2.33. The van der Waals surface area contributed by atoms with Crippen LogP contribution in [0.25, 0.3) is 11.0 Å². The Labute approximate surface area is 95.6 Å². The third kappa shape index (κ3) is 1.63. The Hall–Kier alpha value is -1.28. The predicted molar refractivity (Wildman–Crippen MR) is 65.7 cm³/mol. The second-order valence-corrected chi connectivity index (χ2v) is 4.76. The van der Waals surface area contributed by atoms with Gasteiger partial charge in [0.2, 0.25) is 0 Å². The monoisotopic (exact) mass is 215 g/mol. The van der Waals surface area contributed by atoms with Gasteiger partial charge in [-0.15, -0.1) is 0 Å². The lowest BCUT2D eigenvalue weighted by Crippen LogP contribution is -2.34. The smallest absolute Gasteiger partial charge is 0.134 e. The third-order valence-corrected chi connectivity index (χ3v) is 3.59. The van der Waals surface area contributed by atoms with Gasteiger partial charge in [0, 0.05) is 11.4 Å². The Bertz CT molecular complexity index is 488. The molecule has 1 aliphatic heterocycles. The lowest BCUT2D eigenvalue weighted by Gasteiger charge is -2.28. The highest BCUT2D eigenvalue weighted by molar-refractivity contribution is 5.81. The fraction of sp³-hybridized carbons (Fsp3) is 0.429. The van der Waals surface area contributed by atoms with Crippen molar-refractivity contribution in [3.05, 3.63) is 36.1 Å².